The highest BCUT2D eigenvalue weighted by Gasteiger charge is 2.19. The number of nitrogens with one attached hydrogen (secondary N) is 2. The van der Waals surface area contributed by atoms with Gasteiger partial charge in [0.2, 0.25) is 5.88 Å². The van der Waals surface area contributed by atoms with Crippen molar-refractivity contribution in [2.45, 2.75) is 23.6 Å². The SMILES string of the molecule is Cc1noc(NS(=O)(=O)c2ccc(N)cc2)c1C.Nc1ccc(S(=O)(=O)Nc2ccccn2)cc1. The highest BCUT2D eigenvalue weighted by molar-refractivity contribution is 7.93. The topological polar surface area (TPSA) is 183 Å². The normalized spacial score (nSPS) is 11.3. The van der Waals surface area contributed by atoms with Gasteiger partial charge >= 0.3 is 0 Å². The minimum absolute atomic E-state index is 0.116. The molecule has 2 aromatic carbocycles. The highest BCUT2D eigenvalue weighted by Crippen LogP contribution is 2.22. The lowest BCUT2D eigenvalue weighted by molar-refractivity contribution is 0.430. The van der Waals surface area contributed by atoms with Crippen molar-refractivity contribution in [3.63, 3.8) is 0 Å². The van der Waals surface area contributed by atoms with Crippen molar-refractivity contribution in [1.82, 2.24) is 10.1 Å². The second kappa shape index (κ2) is 10.4. The van der Waals surface area contributed by atoms with Crippen molar-refractivity contribution in [2.75, 3.05) is 20.9 Å². The van der Waals surface area contributed by atoms with Gasteiger partial charge in [0.15, 0.2) is 0 Å². The largest absolute Gasteiger partial charge is 0.399 e. The van der Waals surface area contributed by atoms with Crippen LogP contribution in [0.2, 0.25) is 0 Å². The Labute approximate surface area is 203 Å². The van der Waals surface area contributed by atoms with Crippen LogP contribution >= 0.6 is 0 Å². The van der Waals surface area contributed by atoms with E-state index >= 15 is 0 Å². The van der Waals surface area contributed by atoms with Crippen LogP contribution in [-0.4, -0.2) is 27.0 Å². The second-order valence-electron chi connectivity index (χ2n) is 7.29. The van der Waals surface area contributed by atoms with Crippen molar-refractivity contribution < 1.29 is 21.4 Å². The summed E-state index contributed by atoms with van der Waals surface area (Å²) in [4.78, 5) is 4.16. The summed E-state index contributed by atoms with van der Waals surface area (Å²) in [6.45, 7) is 3.46. The number of hydrogen-bond donors (Lipinski definition) is 4. The Bertz CT molecular complexity index is 1490. The summed E-state index contributed by atoms with van der Waals surface area (Å²) in [6, 6.07) is 16.8. The van der Waals surface area contributed by atoms with Gasteiger partial charge in [0, 0.05) is 23.1 Å². The van der Waals surface area contributed by atoms with E-state index in [1.54, 1.807) is 32.0 Å². The lowest BCUT2D eigenvalue weighted by atomic mass is 10.3. The molecule has 4 rings (SSSR count). The Balaban J connectivity index is 0.000000196. The molecule has 0 aliphatic rings. The smallest absolute Gasteiger partial charge is 0.264 e. The summed E-state index contributed by atoms with van der Waals surface area (Å²) >= 11 is 0. The van der Waals surface area contributed by atoms with Gasteiger partial charge in [-0.25, -0.2) is 26.5 Å². The molecule has 0 saturated carbocycles. The Kier molecular flexibility index (Phi) is 7.62. The van der Waals surface area contributed by atoms with Crippen LogP contribution in [0.1, 0.15) is 11.3 Å². The van der Waals surface area contributed by atoms with Crippen LogP contribution in [0, 0.1) is 13.8 Å². The first-order chi connectivity index (χ1) is 16.5. The molecule has 35 heavy (non-hydrogen) atoms. The van der Waals surface area contributed by atoms with Crippen LogP contribution in [0.5, 0.6) is 0 Å². The van der Waals surface area contributed by atoms with Crippen LogP contribution in [0.3, 0.4) is 0 Å². The van der Waals surface area contributed by atoms with E-state index in [0.717, 1.165) is 0 Å². The first-order valence-electron chi connectivity index (χ1n) is 10.1. The molecule has 0 saturated heterocycles. The van der Waals surface area contributed by atoms with Gasteiger partial charge in [0.05, 0.1) is 15.5 Å². The zero-order valence-electron chi connectivity index (χ0n) is 18.8. The summed E-state index contributed by atoms with van der Waals surface area (Å²) in [5.74, 6) is 0.411. The lowest BCUT2D eigenvalue weighted by Crippen LogP contribution is -2.13. The minimum Gasteiger partial charge on any atom is -0.399 e. The maximum atomic E-state index is 12.0. The van der Waals surface area contributed by atoms with Gasteiger partial charge in [-0.2, -0.15) is 0 Å². The molecule has 184 valence electrons. The van der Waals surface area contributed by atoms with E-state index in [9.17, 15) is 16.8 Å². The predicted molar refractivity (Wildman–Crippen MR) is 134 cm³/mol. The third-order valence-electron chi connectivity index (χ3n) is 4.67. The van der Waals surface area contributed by atoms with Crippen molar-refractivity contribution in [1.29, 1.82) is 0 Å². The van der Waals surface area contributed by atoms with Gasteiger partial charge in [0.25, 0.3) is 20.0 Å². The molecule has 6 N–H and O–H groups in total. The van der Waals surface area contributed by atoms with E-state index in [0.29, 0.717) is 22.6 Å². The van der Waals surface area contributed by atoms with Gasteiger partial charge in [-0.3, -0.25) is 4.72 Å². The van der Waals surface area contributed by atoms with Crippen molar-refractivity contribution >= 4 is 43.1 Å². The monoisotopic (exact) mass is 516 g/mol. The van der Waals surface area contributed by atoms with E-state index in [-0.39, 0.29) is 21.5 Å². The zero-order valence-corrected chi connectivity index (χ0v) is 20.5. The average Bonchev–Trinajstić information content (AvgIpc) is 3.12. The number of aromatic nitrogens is 2. The molecule has 11 nitrogen and oxygen atoms in total. The Hall–Kier alpha value is -4.10. The standard InChI is InChI=1S/C11H13N3O3S.C11H11N3O2S/c1-7-8(2)13-17-11(7)14-18(15,16)10-5-3-9(12)4-6-10;12-9-4-6-10(7-5-9)17(15,16)14-11-3-1-2-8-13-11/h3-6,14H,12H2,1-2H3;1-8H,12H2,(H,13,14). The molecule has 0 spiro atoms. The number of pyridine rings is 1. The zero-order chi connectivity index (χ0) is 25.6. The number of nitrogens with two attached hydrogens (primary N) is 2. The van der Waals surface area contributed by atoms with E-state index in [1.165, 1.54) is 54.7 Å². The third-order valence-corrected chi connectivity index (χ3v) is 7.39. The lowest BCUT2D eigenvalue weighted by Gasteiger charge is -2.06. The fraction of sp³-hybridized carbons (Fsp3) is 0.0909. The average molecular weight is 517 g/mol. The van der Waals surface area contributed by atoms with Crippen molar-refractivity contribution in [3.8, 4) is 0 Å². The van der Waals surface area contributed by atoms with Crippen molar-refractivity contribution in [3.05, 3.63) is 84.2 Å². The molecule has 0 aliphatic heterocycles. The molecule has 2 heterocycles. The van der Waals surface area contributed by atoms with Crippen LogP contribution in [-0.2, 0) is 20.0 Å². The molecule has 0 atom stereocenters. The number of hydrogen-bond acceptors (Lipinski definition) is 9. The Morgan fingerprint density at radius 1 is 0.743 bits per heavy atom. The molecule has 0 amide bonds. The summed E-state index contributed by atoms with van der Waals surface area (Å²) in [6.07, 6.45) is 1.51. The molecule has 0 fully saturated rings. The number of rotatable bonds is 6. The number of benzene rings is 2. The summed E-state index contributed by atoms with van der Waals surface area (Å²) in [7, 11) is -7.28. The molecule has 0 bridgehead atoms. The first kappa shape index (κ1) is 25.5. The number of aryl methyl sites for hydroxylation is 1. The minimum atomic E-state index is -3.68. The van der Waals surface area contributed by atoms with Gasteiger partial charge in [-0.05, 0) is 74.5 Å². The summed E-state index contributed by atoms with van der Waals surface area (Å²) in [5, 5.41) is 3.69. The number of nitrogen functional groups attached to an aromatic ring is 2. The van der Waals surface area contributed by atoms with Gasteiger partial charge in [0.1, 0.15) is 5.82 Å². The molecule has 0 radical (unpaired) electrons. The molecule has 4 aromatic rings. The highest BCUT2D eigenvalue weighted by atomic mass is 32.2. The second-order valence-corrected chi connectivity index (χ2v) is 10.7. The van der Waals surface area contributed by atoms with Gasteiger partial charge < -0.3 is 16.0 Å². The van der Waals surface area contributed by atoms with Gasteiger partial charge in [-0.15, -0.1) is 0 Å². The van der Waals surface area contributed by atoms with Crippen LogP contribution < -0.4 is 20.9 Å². The molecule has 0 unspecified atom stereocenters. The maximum Gasteiger partial charge on any atom is 0.264 e. The first-order valence-corrected chi connectivity index (χ1v) is 13.1. The fourth-order valence-electron chi connectivity index (χ4n) is 2.61. The van der Waals surface area contributed by atoms with E-state index in [4.69, 9.17) is 16.0 Å². The maximum absolute atomic E-state index is 12.0. The Morgan fingerprint density at radius 2 is 1.26 bits per heavy atom. The van der Waals surface area contributed by atoms with Crippen molar-refractivity contribution in [2.24, 2.45) is 0 Å². The van der Waals surface area contributed by atoms with E-state index < -0.39 is 20.0 Å². The molecular formula is C22H24N6O5S2. The predicted octanol–water partition coefficient (Wildman–Crippen LogP) is 3.14. The number of nitrogens with zero attached hydrogens (tertiary/aromatic N) is 2. The van der Waals surface area contributed by atoms with Crippen LogP contribution in [0.25, 0.3) is 0 Å². The molecular weight excluding hydrogens is 492 g/mol. The molecule has 0 aliphatic carbocycles. The molecule has 13 heteroatoms. The quantitative estimate of drug-likeness (QED) is 0.280. The summed E-state index contributed by atoms with van der Waals surface area (Å²) in [5.41, 5.74) is 13.3. The van der Waals surface area contributed by atoms with Gasteiger partial charge in [-0.1, -0.05) is 11.2 Å². The summed E-state index contributed by atoms with van der Waals surface area (Å²) < 4.78 is 57.5. The number of sulfonamides is 2. The third kappa shape index (κ3) is 6.71. The van der Waals surface area contributed by atoms with E-state index in [1.807, 2.05) is 0 Å². The van der Waals surface area contributed by atoms with Crippen LogP contribution in [0.15, 0.2) is 87.2 Å². The number of anilines is 4. The molecule has 2 aromatic heterocycles. The Morgan fingerprint density at radius 3 is 1.69 bits per heavy atom. The van der Waals surface area contributed by atoms with E-state index in [2.05, 4.69) is 19.6 Å². The van der Waals surface area contributed by atoms with Crippen LogP contribution in [0.4, 0.5) is 23.1 Å². The fourth-order valence-corrected chi connectivity index (χ4v) is 4.66.